The maximum Gasteiger partial charge on any atom is 0.278 e. The third kappa shape index (κ3) is 3.47. The third-order valence-corrected chi connectivity index (χ3v) is 5.31. The lowest BCUT2D eigenvalue weighted by molar-refractivity contribution is 0.102. The Morgan fingerprint density at radius 1 is 0.966 bits per heavy atom. The SMILES string of the molecule is Cc1ccc(NC(=O)c2nnc3c(-c4ccc(Cl)cc4)c(C)nn3c2C)cc1C. The Labute approximate surface area is 173 Å². The van der Waals surface area contributed by atoms with Crippen molar-refractivity contribution in [3.63, 3.8) is 0 Å². The molecule has 0 bridgehead atoms. The van der Waals surface area contributed by atoms with Gasteiger partial charge in [-0.2, -0.15) is 5.10 Å². The Hall–Kier alpha value is -3.25. The molecule has 0 saturated heterocycles. The van der Waals surface area contributed by atoms with Gasteiger partial charge in [0.05, 0.1) is 17.0 Å². The molecule has 4 aromatic rings. The van der Waals surface area contributed by atoms with Crippen LogP contribution in [0.5, 0.6) is 0 Å². The van der Waals surface area contributed by atoms with Crippen LogP contribution < -0.4 is 5.32 Å². The number of halogens is 1. The van der Waals surface area contributed by atoms with Gasteiger partial charge in [0, 0.05) is 10.7 Å². The maximum absolute atomic E-state index is 12.8. The van der Waals surface area contributed by atoms with Crippen molar-refractivity contribution in [2.24, 2.45) is 0 Å². The second-order valence-corrected chi connectivity index (χ2v) is 7.53. The molecule has 2 heterocycles. The summed E-state index contributed by atoms with van der Waals surface area (Å²) in [5, 5.41) is 16.7. The largest absolute Gasteiger partial charge is 0.321 e. The van der Waals surface area contributed by atoms with E-state index in [9.17, 15) is 4.79 Å². The average molecular weight is 406 g/mol. The number of amides is 1. The second-order valence-electron chi connectivity index (χ2n) is 7.09. The predicted octanol–water partition coefficient (Wildman–Crippen LogP) is 4.93. The molecular formula is C22H20ClN5O. The molecule has 0 radical (unpaired) electrons. The van der Waals surface area contributed by atoms with Crippen LogP contribution in [0.4, 0.5) is 5.69 Å². The monoisotopic (exact) mass is 405 g/mol. The van der Waals surface area contributed by atoms with Crippen molar-refractivity contribution < 1.29 is 4.79 Å². The Morgan fingerprint density at radius 3 is 2.38 bits per heavy atom. The van der Waals surface area contributed by atoms with Crippen molar-refractivity contribution in [1.82, 2.24) is 19.8 Å². The number of aromatic nitrogens is 4. The number of hydrogen-bond acceptors (Lipinski definition) is 4. The summed E-state index contributed by atoms with van der Waals surface area (Å²) in [6.07, 6.45) is 0. The Balaban J connectivity index is 1.73. The molecule has 0 aliphatic carbocycles. The fraction of sp³-hybridized carbons (Fsp3) is 0.182. The summed E-state index contributed by atoms with van der Waals surface area (Å²) in [5.74, 6) is -0.318. The Bertz CT molecular complexity index is 1240. The van der Waals surface area contributed by atoms with E-state index in [2.05, 4.69) is 20.6 Å². The molecule has 2 aromatic carbocycles. The van der Waals surface area contributed by atoms with Crippen molar-refractivity contribution >= 4 is 28.8 Å². The molecule has 1 N–H and O–H groups in total. The minimum absolute atomic E-state index is 0.237. The van der Waals surface area contributed by atoms with Gasteiger partial charge in [0.1, 0.15) is 0 Å². The van der Waals surface area contributed by atoms with Crippen LogP contribution in [0.1, 0.15) is 33.0 Å². The van der Waals surface area contributed by atoms with E-state index >= 15 is 0 Å². The second kappa shape index (κ2) is 7.29. The molecular weight excluding hydrogens is 386 g/mol. The van der Waals surface area contributed by atoms with Crippen molar-refractivity contribution in [1.29, 1.82) is 0 Å². The quantitative estimate of drug-likeness (QED) is 0.524. The number of carbonyl (C=O) groups excluding carboxylic acids is 1. The number of benzene rings is 2. The molecule has 7 heteroatoms. The number of fused-ring (bicyclic) bond motifs is 1. The number of nitrogens with one attached hydrogen (secondary N) is 1. The fourth-order valence-electron chi connectivity index (χ4n) is 3.29. The van der Waals surface area contributed by atoms with Gasteiger partial charge in [-0.3, -0.25) is 4.79 Å². The molecule has 0 spiro atoms. The summed E-state index contributed by atoms with van der Waals surface area (Å²) >= 11 is 6.00. The molecule has 6 nitrogen and oxygen atoms in total. The van der Waals surface area contributed by atoms with Gasteiger partial charge in [-0.1, -0.05) is 29.8 Å². The topological polar surface area (TPSA) is 72.2 Å². The van der Waals surface area contributed by atoms with Gasteiger partial charge in [0.15, 0.2) is 11.3 Å². The van der Waals surface area contributed by atoms with Gasteiger partial charge >= 0.3 is 0 Å². The first-order valence-corrected chi connectivity index (χ1v) is 9.60. The molecule has 0 aliphatic heterocycles. The van der Waals surface area contributed by atoms with E-state index in [1.807, 2.05) is 70.2 Å². The predicted molar refractivity (Wildman–Crippen MR) is 115 cm³/mol. The van der Waals surface area contributed by atoms with Crippen LogP contribution in [0.2, 0.25) is 5.02 Å². The highest BCUT2D eigenvalue weighted by Gasteiger charge is 2.20. The minimum Gasteiger partial charge on any atom is -0.321 e. The summed E-state index contributed by atoms with van der Waals surface area (Å²) in [6.45, 7) is 7.76. The number of anilines is 1. The number of rotatable bonds is 3. The van der Waals surface area contributed by atoms with E-state index in [1.54, 1.807) is 4.52 Å². The minimum atomic E-state index is -0.318. The number of carbonyl (C=O) groups is 1. The molecule has 4 rings (SSSR count). The Morgan fingerprint density at radius 2 is 1.69 bits per heavy atom. The van der Waals surface area contributed by atoms with Crippen molar-refractivity contribution in [2.45, 2.75) is 27.7 Å². The Kier molecular flexibility index (Phi) is 4.80. The zero-order chi connectivity index (χ0) is 20.7. The zero-order valence-electron chi connectivity index (χ0n) is 16.6. The van der Waals surface area contributed by atoms with E-state index in [1.165, 1.54) is 5.56 Å². The standard InChI is InChI=1S/C22H20ClN5O/c1-12-5-10-18(11-13(12)2)24-22(29)20-15(4)28-21(26-25-20)19(14(3)27-28)16-6-8-17(23)9-7-16/h5-11H,1-4H3,(H,24,29). The van der Waals surface area contributed by atoms with E-state index in [-0.39, 0.29) is 11.6 Å². The van der Waals surface area contributed by atoms with E-state index < -0.39 is 0 Å². The van der Waals surface area contributed by atoms with Crippen LogP contribution in [0, 0.1) is 27.7 Å². The van der Waals surface area contributed by atoms with Gasteiger partial charge in [0.25, 0.3) is 5.91 Å². The molecule has 0 aliphatic rings. The molecule has 0 fully saturated rings. The number of nitrogens with zero attached hydrogens (tertiary/aromatic N) is 4. The molecule has 2 aromatic heterocycles. The summed E-state index contributed by atoms with van der Waals surface area (Å²) < 4.78 is 1.67. The fourth-order valence-corrected chi connectivity index (χ4v) is 3.41. The highest BCUT2D eigenvalue weighted by molar-refractivity contribution is 6.30. The van der Waals surface area contributed by atoms with Crippen LogP contribution in [-0.4, -0.2) is 25.7 Å². The van der Waals surface area contributed by atoms with Crippen LogP contribution in [-0.2, 0) is 0 Å². The highest BCUT2D eigenvalue weighted by Crippen LogP contribution is 2.28. The van der Waals surface area contributed by atoms with Crippen molar-refractivity contribution in [3.8, 4) is 11.1 Å². The number of aryl methyl sites for hydroxylation is 4. The van der Waals surface area contributed by atoms with Crippen molar-refractivity contribution in [3.05, 3.63) is 75.7 Å². The van der Waals surface area contributed by atoms with Crippen molar-refractivity contribution in [2.75, 3.05) is 5.32 Å². The van der Waals surface area contributed by atoms with Gasteiger partial charge in [0.2, 0.25) is 0 Å². The average Bonchev–Trinajstić information content (AvgIpc) is 3.02. The van der Waals surface area contributed by atoms with Crippen LogP contribution >= 0.6 is 11.6 Å². The van der Waals surface area contributed by atoms with Gasteiger partial charge in [-0.05, 0) is 68.7 Å². The zero-order valence-corrected chi connectivity index (χ0v) is 17.4. The highest BCUT2D eigenvalue weighted by atomic mass is 35.5. The van der Waals surface area contributed by atoms with Crippen LogP contribution in [0.15, 0.2) is 42.5 Å². The summed E-state index contributed by atoms with van der Waals surface area (Å²) in [4.78, 5) is 12.8. The number of hydrogen-bond donors (Lipinski definition) is 1. The molecule has 0 atom stereocenters. The lowest BCUT2D eigenvalue weighted by atomic mass is 10.1. The molecule has 0 unspecified atom stereocenters. The maximum atomic E-state index is 12.8. The molecule has 1 amide bonds. The lowest BCUT2D eigenvalue weighted by Gasteiger charge is -2.09. The van der Waals surface area contributed by atoms with Gasteiger partial charge < -0.3 is 5.32 Å². The normalized spacial score (nSPS) is 11.1. The first-order valence-electron chi connectivity index (χ1n) is 9.22. The van der Waals surface area contributed by atoms with Crippen LogP contribution in [0.25, 0.3) is 16.8 Å². The van der Waals surface area contributed by atoms with E-state index in [0.29, 0.717) is 16.4 Å². The summed E-state index contributed by atoms with van der Waals surface area (Å²) in [5.41, 5.74) is 7.08. The van der Waals surface area contributed by atoms with E-state index in [4.69, 9.17) is 11.6 Å². The third-order valence-electron chi connectivity index (χ3n) is 5.05. The molecule has 29 heavy (non-hydrogen) atoms. The first-order chi connectivity index (χ1) is 13.8. The smallest absolute Gasteiger partial charge is 0.278 e. The van der Waals surface area contributed by atoms with Gasteiger partial charge in [-0.25, -0.2) is 4.52 Å². The summed E-state index contributed by atoms with van der Waals surface area (Å²) in [6, 6.07) is 13.3. The lowest BCUT2D eigenvalue weighted by Crippen LogP contribution is -2.18. The van der Waals surface area contributed by atoms with E-state index in [0.717, 1.165) is 28.1 Å². The summed E-state index contributed by atoms with van der Waals surface area (Å²) in [7, 11) is 0. The van der Waals surface area contributed by atoms with Crippen LogP contribution in [0.3, 0.4) is 0 Å². The molecule has 146 valence electrons. The first kappa shape index (κ1) is 19.1. The van der Waals surface area contributed by atoms with Gasteiger partial charge in [-0.15, -0.1) is 10.2 Å². The molecule has 0 saturated carbocycles.